The van der Waals surface area contributed by atoms with E-state index < -0.39 is 60.4 Å². The summed E-state index contributed by atoms with van der Waals surface area (Å²) in [5.41, 5.74) is -2.46. The molecule has 0 radical (unpaired) electrons. The van der Waals surface area contributed by atoms with Gasteiger partial charge in [0.2, 0.25) is 0 Å². The van der Waals surface area contributed by atoms with Gasteiger partial charge in [0, 0.05) is 17.5 Å². The van der Waals surface area contributed by atoms with Gasteiger partial charge in [0.25, 0.3) is 0 Å². The summed E-state index contributed by atoms with van der Waals surface area (Å²) in [6, 6.07) is -0.467. The van der Waals surface area contributed by atoms with E-state index in [4.69, 9.17) is 9.47 Å². The Balaban J connectivity index is 0.00000862. The van der Waals surface area contributed by atoms with Crippen LogP contribution in [0.3, 0.4) is 0 Å². The standard InChI is InChI=1S/C27H45N3O9S2.C2H6/c1-6-10-28-25(35)29(27(37)30(26(28)36)19(5)7-2)14-22(32)16-39-24(34)18-41-12-11-40-17-23(33)38-15-21(31)13-20(8-3)9-4;1-2/h6,19-22,31-32H,1,7-18H2,2-5H3;1-2H3. The summed E-state index contributed by atoms with van der Waals surface area (Å²) < 4.78 is 12.8. The monoisotopic (exact) mass is 649 g/mol. The van der Waals surface area contributed by atoms with Gasteiger partial charge in [-0.25, -0.2) is 28.1 Å². The summed E-state index contributed by atoms with van der Waals surface area (Å²) in [6.45, 7) is 14.2. The molecular formula is C29H51N3O9S2. The van der Waals surface area contributed by atoms with Crippen LogP contribution in [-0.4, -0.2) is 84.3 Å². The molecule has 0 aliphatic rings. The highest BCUT2D eigenvalue weighted by Gasteiger charge is 2.21. The first-order valence-electron chi connectivity index (χ1n) is 14.9. The fourth-order valence-electron chi connectivity index (χ4n) is 3.88. The van der Waals surface area contributed by atoms with Crippen LogP contribution in [0.4, 0.5) is 0 Å². The van der Waals surface area contributed by atoms with E-state index in [0.717, 1.165) is 26.5 Å². The van der Waals surface area contributed by atoms with Crippen LogP contribution in [0, 0.1) is 5.92 Å². The molecule has 43 heavy (non-hydrogen) atoms. The van der Waals surface area contributed by atoms with Crippen molar-refractivity contribution in [1.29, 1.82) is 0 Å². The Morgan fingerprint density at radius 1 is 0.837 bits per heavy atom. The molecule has 1 aromatic rings. The molecular weight excluding hydrogens is 598 g/mol. The molecule has 3 atom stereocenters. The molecule has 3 unspecified atom stereocenters. The molecule has 0 fully saturated rings. The molecule has 14 heteroatoms. The molecule has 0 saturated heterocycles. The van der Waals surface area contributed by atoms with Crippen LogP contribution in [0.5, 0.6) is 0 Å². The Labute approximate surface area is 262 Å². The van der Waals surface area contributed by atoms with E-state index in [9.17, 15) is 34.2 Å². The quantitative estimate of drug-likeness (QED) is 0.114. The molecule has 2 N–H and O–H groups in total. The van der Waals surface area contributed by atoms with Gasteiger partial charge in [-0.15, -0.1) is 30.1 Å². The van der Waals surface area contributed by atoms with Gasteiger partial charge < -0.3 is 19.7 Å². The number of aliphatic hydroxyl groups is 2. The van der Waals surface area contributed by atoms with Crippen molar-refractivity contribution >= 4 is 35.5 Å². The van der Waals surface area contributed by atoms with Gasteiger partial charge in [-0.2, -0.15) is 0 Å². The second-order valence-corrected chi connectivity index (χ2v) is 11.9. The Bertz CT molecular complexity index is 1150. The Morgan fingerprint density at radius 3 is 1.79 bits per heavy atom. The Kier molecular flexibility index (Phi) is 21.9. The lowest BCUT2D eigenvalue weighted by molar-refractivity contribution is -0.144. The van der Waals surface area contributed by atoms with Crippen molar-refractivity contribution in [2.24, 2.45) is 5.92 Å². The highest BCUT2D eigenvalue weighted by molar-refractivity contribution is 8.03. The van der Waals surface area contributed by atoms with Crippen molar-refractivity contribution in [2.75, 3.05) is 36.2 Å². The van der Waals surface area contributed by atoms with Gasteiger partial charge in [-0.1, -0.05) is 53.5 Å². The number of aliphatic hydroxyl groups excluding tert-OH is 2. The molecule has 0 bridgehead atoms. The van der Waals surface area contributed by atoms with E-state index >= 15 is 0 Å². The molecule has 0 saturated carbocycles. The highest BCUT2D eigenvalue weighted by Crippen LogP contribution is 2.15. The van der Waals surface area contributed by atoms with Gasteiger partial charge in [-0.3, -0.25) is 9.59 Å². The van der Waals surface area contributed by atoms with Crippen LogP contribution in [0.1, 0.15) is 73.3 Å². The normalized spacial score (nSPS) is 13.0. The minimum atomic E-state index is -1.34. The number of hydrogen-bond acceptors (Lipinski definition) is 11. The number of hydrogen-bond donors (Lipinski definition) is 2. The van der Waals surface area contributed by atoms with Crippen molar-refractivity contribution in [3.8, 4) is 0 Å². The number of thioether (sulfide) groups is 2. The maximum Gasteiger partial charge on any atom is 0.336 e. The van der Waals surface area contributed by atoms with Crippen LogP contribution >= 0.6 is 23.5 Å². The molecule has 0 amide bonds. The first-order valence-corrected chi connectivity index (χ1v) is 17.2. The Morgan fingerprint density at radius 2 is 1.33 bits per heavy atom. The highest BCUT2D eigenvalue weighted by atomic mass is 32.2. The summed E-state index contributed by atoms with van der Waals surface area (Å²) in [7, 11) is 0. The van der Waals surface area contributed by atoms with Crippen LogP contribution in [0.15, 0.2) is 27.0 Å². The maximum absolute atomic E-state index is 12.9. The summed E-state index contributed by atoms with van der Waals surface area (Å²) in [5, 5.41) is 20.3. The van der Waals surface area contributed by atoms with Crippen LogP contribution < -0.4 is 17.1 Å². The zero-order chi connectivity index (χ0) is 32.9. The first-order chi connectivity index (χ1) is 20.5. The number of aromatic nitrogens is 3. The molecule has 0 aliphatic carbocycles. The molecule has 1 rings (SSSR count). The second-order valence-electron chi connectivity index (χ2n) is 9.68. The van der Waals surface area contributed by atoms with Crippen LogP contribution in [0.2, 0.25) is 0 Å². The number of carbonyl (C=O) groups is 2. The smallest absolute Gasteiger partial charge is 0.336 e. The zero-order valence-electron chi connectivity index (χ0n) is 26.5. The van der Waals surface area contributed by atoms with E-state index in [-0.39, 0.29) is 24.7 Å². The van der Waals surface area contributed by atoms with Gasteiger partial charge in [0.15, 0.2) is 0 Å². The summed E-state index contributed by atoms with van der Waals surface area (Å²) in [6.07, 6.45) is 2.39. The number of carbonyl (C=O) groups excluding carboxylic acids is 2. The van der Waals surface area contributed by atoms with Gasteiger partial charge in [0.05, 0.1) is 30.7 Å². The maximum atomic E-state index is 12.9. The molecule has 0 aliphatic heterocycles. The summed E-state index contributed by atoms with van der Waals surface area (Å²) in [4.78, 5) is 62.2. The molecule has 248 valence electrons. The number of ether oxygens (including phenoxy) is 2. The fourth-order valence-corrected chi connectivity index (χ4v) is 5.61. The van der Waals surface area contributed by atoms with Crippen molar-refractivity contribution in [3.05, 3.63) is 44.1 Å². The third kappa shape index (κ3) is 14.8. The van der Waals surface area contributed by atoms with Gasteiger partial charge >= 0.3 is 29.0 Å². The van der Waals surface area contributed by atoms with Crippen molar-refractivity contribution in [3.63, 3.8) is 0 Å². The largest absolute Gasteiger partial charge is 0.462 e. The van der Waals surface area contributed by atoms with Crippen LogP contribution in [0.25, 0.3) is 0 Å². The molecule has 12 nitrogen and oxygen atoms in total. The minimum Gasteiger partial charge on any atom is -0.462 e. The predicted octanol–water partition coefficient (Wildman–Crippen LogP) is 2.46. The Hall–Kier alpha value is -2.29. The van der Waals surface area contributed by atoms with E-state index in [0.29, 0.717) is 30.3 Å². The van der Waals surface area contributed by atoms with Crippen molar-refractivity contribution < 1.29 is 29.3 Å². The molecule has 0 spiro atoms. The van der Waals surface area contributed by atoms with Gasteiger partial charge in [0.1, 0.15) is 19.3 Å². The SMILES string of the molecule is C=CCn1c(=O)n(CC(O)COC(=O)CSCCSCC(=O)OCC(O)CC(CC)CC)c(=O)n(C(C)CC)c1=O.CC. The first kappa shape index (κ1) is 40.7. The summed E-state index contributed by atoms with van der Waals surface area (Å²) >= 11 is 2.65. The number of esters is 2. The topological polar surface area (TPSA) is 159 Å². The second kappa shape index (κ2) is 23.1. The molecule has 1 aromatic heterocycles. The molecule has 0 aromatic carbocycles. The predicted molar refractivity (Wildman–Crippen MR) is 173 cm³/mol. The third-order valence-corrected chi connectivity index (χ3v) is 8.64. The lowest BCUT2D eigenvalue weighted by Gasteiger charge is -2.18. The number of rotatable bonds is 21. The minimum absolute atomic E-state index is 0.0102. The molecule has 1 heterocycles. The number of nitrogens with zero attached hydrogens (tertiary/aromatic N) is 3. The van der Waals surface area contributed by atoms with Crippen LogP contribution in [-0.2, 0) is 32.2 Å². The summed E-state index contributed by atoms with van der Waals surface area (Å²) in [5.74, 6) is 0.768. The number of allylic oxidation sites excluding steroid dienone is 1. The average molecular weight is 650 g/mol. The van der Waals surface area contributed by atoms with Gasteiger partial charge in [-0.05, 0) is 25.7 Å². The van der Waals surface area contributed by atoms with Crippen molar-refractivity contribution in [1.82, 2.24) is 13.7 Å². The lowest BCUT2D eigenvalue weighted by Crippen LogP contribution is -2.56. The zero-order valence-corrected chi connectivity index (χ0v) is 28.1. The lowest BCUT2D eigenvalue weighted by atomic mass is 9.96. The third-order valence-electron chi connectivity index (χ3n) is 6.52. The van der Waals surface area contributed by atoms with E-state index in [1.165, 1.54) is 29.6 Å². The average Bonchev–Trinajstić information content (AvgIpc) is 3.00. The fraction of sp³-hybridized carbons (Fsp3) is 0.759. The van der Waals surface area contributed by atoms with E-state index in [1.54, 1.807) is 13.8 Å². The van der Waals surface area contributed by atoms with Crippen molar-refractivity contribution in [2.45, 2.75) is 98.6 Å². The van der Waals surface area contributed by atoms with E-state index in [2.05, 4.69) is 20.4 Å². The van der Waals surface area contributed by atoms with E-state index in [1.807, 2.05) is 13.8 Å².